The number of nitrogens with zero attached hydrogens (tertiary/aromatic N) is 5. The smallest absolute Gasteiger partial charge is 0.416 e. The number of fused-ring (bicyclic) bond motifs is 1. The molecular formula is C20H23F3N6O4. The zero-order chi connectivity index (χ0) is 23.8. The number of piperazine rings is 1. The van der Waals surface area contributed by atoms with Crippen LogP contribution in [0.2, 0.25) is 0 Å². The molecule has 2 aromatic rings. The molecule has 33 heavy (non-hydrogen) atoms. The predicted molar refractivity (Wildman–Crippen MR) is 110 cm³/mol. The fourth-order valence-corrected chi connectivity index (χ4v) is 4.05. The SMILES string of the molecule is C[C@]1(CN2CCN(C(=O)NCc3ccc(C(F)(F)F)cc3)CC2)Cn2cc([N+](=O)[O-])nc2O1. The van der Waals surface area contributed by atoms with Gasteiger partial charge in [-0.25, -0.2) is 4.79 Å². The number of benzene rings is 1. The van der Waals surface area contributed by atoms with E-state index in [4.69, 9.17) is 4.74 Å². The Kier molecular flexibility index (Phi) is 5.91. The Bertz CT molecular complexity index is 1010. The number of hydrogen-bond acceptors (Lipinski definition) is 6. The number of halogens is 3. The third-order valence-electron chi connectivity index (χ3n) is 5.70. The second-order valence-corrected chi connectivity index (χ2v) is 8.44. The number of nitro groups is 1. The first kappa shape index (κ1) is 22.8. The van der Waals surface area contributed by atoms with Gasteiger partial charge in [0.2, 0.25) is 0 Å². The third kappa shape index (κ3) is 5.18. The Morgan fingerprint density at radius 2 is 1.91 bits per heavy atom. The van der Waals surface area contributed by atoms with Crippen LogP contribution in [0.1, 0.15) is 18.1 Å². The van der Waals surface area contributed by atoms with Crippen LogP contribution in [0, 0.1) is 10.1 Å². The van der Waals surface area contributed by atoms with Crippen LogP contribution in [0.4, 0.5) is 23.8 Å². The maximum atomic E-state index is 12.6. The maximum absolute atomic E-state index is 12.6. The summed E-state index contributed by atoms with van der Waals surface area (Å²) in [5, 5.41) is 13.6. The summed E-state index contributed by atoms with van der Waals surface area (Å²) in [4.78, 5) is 30.4. The molecule has 3 heterocycles. The highest BCUT2D eigenvalue weighted by Crippen LogP contribution is 2.32. The Morgan fingerprint density at radius 3 is 2.48 bits per heavy atom. The summed E-state index contributed by atoms with van der Waals surface area (Å²) in [5.74, 6) is -0.247. The summed E-state index contributed by atoms with van der Waals surface area (Å²) in [5.41, 5.74) is -0.723. The minimum absolute atomic E-state index is 0.140. The van der Waals surface area contributed by atoms with Crippen molar-refractivity contribution in [1.29, 1.82) is 0 Å². The quantitative estimate of drug-likeness (QED) is 0.534. The highest BCUT2D eigenvalue weighted by molar-refractivity contribution is 5.74. The Labute approximate surface area is 187 Å². The van der Waals surface area contributed by atoms with E-state index in [1.165, 1.54) is 18.3 Å². The number of hydrogen-bond donors (Lipinski definition) is 1. The lowest BCUT2D eigenvalue weighted by Gasteiger charge is -2.37. The van der Waals surface area contributed by atoms with Crippen molar-refractivity contribution in [2.45, 2.75) is 31.8 Å². The summed E-state index contributed by atoms with van der Waals surface area (Å²) >= 11 is 0. The van der Waals surface area contributed by atoms with Gasteiger partial charge in [-0.15, -0.1) is 0 Å². The first-order valence-electron chi connectivity index (χ1n) is 10.3. The average molecular weight is 468 g/mol. The van der Waals surface area contributed by atoms with Crippen LogP contribution < -0.4 is 10.1 Å². The minimum atomic E-state index is -4.39. The van der Waals surface area contributed by atoms with E-state index in [2.05, 4.69) is 15.2 Å². The van der Waals surface area contributed by atoms with E-state index in [1.807, 2.05) is 6.92 Å². The average Bonchev–Trinajstić information content (AvgIpc) is 3.27. The van der Waals surface area contributed by atoms with Gasteiger partial charge in [0.15, 0.2) is 0 Å². The van der Waals surface area contributed by atoms with Gasteiger partial charge in [-0.1, -0.05) is 12.1 Å². The second kappa shape index (κ2) is 8.54. The van der Waals surface area contributed by atoms with Gasteiger partial charge < -0.3 is 25.1 Å². The fourth-order valence-electron chi connectivity index (χ4n) is 4.05. The van der Waals surface area contributed by atoms with E-state index in [0.29, 0.717) is 44.8 Å². The molecule has 0 spiro atoms. The molecule has 10 nitrogen and oxygen atoms in total. The molecule has 0 radical (unpaired) electrons. The van der Waals surface area contributed by atoms with Crippen molar-refractivity contribution >= 4 is 11.8 Å². The van der Waals surface area contributed by atoms with Gasteiger partial charge in [0.25, 0.3) is 0 Å². The van der Waals surface area contributed by atoms with Gasteiger partial charge in [-0.3, -0.25) is 9.47 Å². The van der Waals surface area contributed by atoms with Crippen LogP contribution in [-0.2, 0) is 19.3 Å². The van der Waals surface area contributed by atoms with E-state index in [9.17, 15) is 28.1 Å². The number of ether oxygens (including phenoxy) is 1. The number of carbonyl (C=O) groups is 1. The number of rotatable bonds is 5. The van der Waals surface area contributed by atoms with E-state index >= 15 is 0 Å². The van der Waals surface area contributed by atoms with Crippen LogP contribution in [0.5, 0.6) is 6.01 Å². The molecular weight excluding hydrogens is 445 g/mol. The van der Waals surface area contributed by atoms with Crippen LogP contribution in [0.3, 0.4) is 0 Å². The van der Waals surface area contributed by atoms with E-state index in [-0.39, 0.29) is 24.4 Å². The number of alkyl halides is 3. The van der Waals surface area contributed by atoms with Crippen molar-refractivity contribution in [2.75, 3.05) is 32.7 Å². The third-order valence-corrected chi connectivity index (χ3v) is 5.70. The van der Waals surface area contributed by atoms with Crippen LogP contribution in [-0.4, -0.2) is 68.6 Å². The fraction of sp³-hybridized carbons (Fsp3) is 0.500. The lowest BCUT2D eigenvalue weighted by Crippen LogP contribution is -2.55. The van der Waals surface area contributed by atoms with Crippen molar-refractivity contribution in [3.8, 4) is 6.01 Å². The number of nitrogens with one attached hydrogen (secondary N) is 1. The van der Waals surface area contributed by atoms with Crippen molar-refractivity contribution in [2.24, 2.45) is 0 Å². The molecule has 0 aliphatic carbocycles. The van der Waals surface area contributed by atoms with Crippen molar-refractivity contribution < 1.29 is 27.6 Å². The lowest BCUT2D eigenvalue weighted by atomic mass is 10.1. The monoisotopic (exact) mass is 468 g/mol. The molecule has 13 heteroatoms. The molecule has 0 saturated carbocycles. The predicted octanol–water partition coefficient (Wildman–Crippen LogP) is 2.49. The Morgan fingerprint density at radius 1 is 1.24 bits per heavy atom. The molecule has 0 unspecified atom stereocenters. The topological polar surface area (TPSA) is 106 Å². The molecule has 2 aliphatic heterocycles. The standard InChI is InChI=1S/C20H23F3N6O4/c1-19(13-28-11-16(29(31)32)25-18(28)33-19)12-26-6-8-27(9-7-26)17(30)24-10-14-2-4-15(5-3-14)20(21,22)23/h2-5,11H,6-10,12-13H2,1H3,(H,24,30)/t19-/m0/s1. The first-order valence-corrected chi connectivity index (χ1v) is 10.3. The molecule has 1 atom stereocenters. The largest absolute Gasteiger partial charge is 0.436 e. The van der Waals surface area contributed by atoms with Gasteiger partial charge in [0.05, 0.1) is 12.1 Å². The number of carbonyl (C=O) groups excluding carboxylic acids is 1. The maximum Gasteiger partial charge on any atom is 0.416 e. The molecule has 1 N–H and O–H groups in total. The van der Waals surface area contributed by atoms with Crippen LogP contribution in [0.25, 0.3) is 0 Å². The molecule has 178 valence electrons. The van der Waals surface area contributed by atoms with Crippen LogP contribution >= 0.6 is 0 Å². The summed E-state index contributed by atoms with van der Waals surface area (Å²) in [6.07, 6.45) is -3.03. The van der Waals surface area contributed by atoms with E-state index in [1.54, 1.807) is 9.47 Å². The molecule has 1 saturated heterocycles. The Hall–Kier alpha value is -3.35. The number of aromatic nitrogens is 2. The zero-order valence-electron chi connectivity index (χ0n) is 17.8. The number of urea groups is 1. The molecule has 1 fully saturated rings. The van der Waals surface area contributed by atoms with Crippen molar-refractivity contribution in [3.05, 3.63) is 51.7 Å². The second-order valence-electron chi connectivity index (χ2n) is 8.44. The first-order chi connectivity index (χ1) is 15.5. The van der Waals surface area contributed by atoms with Gasteiger partial charge in [0.1, 0.15) is 11.8 Å². The van der Waals surface area contributed by atoms with E-state index < -0.39 is 22.3 Å². The van der Waals surface area contributed by atoms with Crippen molar-refractivity contribution in [1.82, 2.24) is 24.7 Å². The Balaban J connectivity index is 1.22. The molecule has 1 aromatic carbocycles. The van der Waals surface area contributed by atoms with Gasteiger partial charge in [-0.05, 0) is 29.5 Å². The highest BCUT2D eigenvalue weighted by Gasteiger charge is 2.42. The summed E-state index contributed by atoms with van der Waals surface area (Å²) in [6.45, 7) is 5.29. The molecule has 2 amide bonds. The summed E-state index contributed by atoms with van der Waals surface area (Å²) in [6, 6.07) is 4.65. The lowest BCUT2D eigenvalue weighted by molar-refractivity contribution is -0.389. The van der Waals surface area contributed by atoms with Crippen LogP contribution in [0.15, 0.2) is 30.5 Å². The van der Waals surface area contributed by atoms with Gasteiger partial charge in [-0.2, -0.15) is 13.2 Å². The molecule has 0 bridgehead atoms. The normalized spacial score (nSPS) is 20.9. The molecule has 4 rings (SSSR count). The number of amides is 2. The minimum Gasteiger partial charge on any atom is -0.436 e. The molecule has 2 aliphatic rings. The summed E-state index contributed by atoms with van der Waals surface area (Å²) < 4.78 is 45.4. The molecule has 1 aromatic heterocycles. The zero-order valence-corrected chi connectivity index (χ0v) is 17.8. The van der Waals surface area contributed by atoms with Crippen molar-refractivity contribution in [3.63, 3.8) is 0 Å². The van der Waals surface area contributed by atoms with E-state index in [0.717, 1.165) is 12.1 Å². The highest BCUT2D eigenvalue weighted by atomic mass is 19.4. The number of imidazole rings is 1. The summed E-state index contributed by atoms with van der Waals surface area (Å²) in [7, 11) is 0. The van der Waals surface area contributed by atoms with Gasteiger partial charge in [0, 0.05) is 44.3 Å². The van der Waals surface area contributed by atoms with Gasteiger partial charge >= 0.3 is 24.0 Å².